The number of nitrogens with one attached hydrogen (secondary N) is 1. The van der Waals surface area contributed by atoms with Crippen LogP contribution in [0.2, 0.25) is 0 Å². The predicted octanol–water partition coefficient (Wildman–Crippen LogP) is 1.70. The Morgan fingerprint density at radius 2 is 2.12 bits per heavy atom. The van der Waals surface area contributed by atoms with Crippen LogP contribution in [0.3, 0.4) is 0 Å². The van der Waals surface area contributed by atoms with Crippen LogP contribution in [-0.4, -0.2) is 24.5 Å². The van der Waals surface area contributed by atoms with E-state index in [-0.39, 0.29) is 5.91 Å². The van der Waals surface area contributed by atoms with E-state index in [2.05, 4.69) is 5.32 Å². The van der Waals surface area contributed by atoms with Crippen LogP contribution in [0.15, 0.2) is 18.2 Å². The summed E-state index contributed by atoms with van der Waals surface area (Å²) in [6, 6.07) is 5.61. The van der Waals surface area contributed by atoms with E-state index in [1.165, 1.54) is 0 Å². The van der Waals surface area contributed by atoms with Gasteiger partial charge in [-0.25, -0.2) is 0 Å². The molecule has 1 N–H and O–H groups in total. The quantitative estimate of drug-likeness (QED) is 0.837. The van der Waals surface area contributed by atoms with E-state index in [1.54, 1.807) is 6.92 Å². The van der Waals surface area contributed by atoms with E-state index in [0.29, 0.717) is 19.8 Å². The minimum absolute atomic E-state index is 0.179. The Morgan fingerprint density at radius 3 is 2.82 bits per heavy atom. The fourth-order valence-electron chi connectivity index (χ4n) is 1.53. The molecule has 0 saturated heterocycles. The molecule has 1 aliphatic rings. The fraction of sp³-hybridized carbons (Fsp3) is 0.417. The van der Waals surface area contributed by atoms with Crippen molar-refractivity contribution >= 4 is 17.5 Å². The van der Waals surface area contributed by atoms with Crippen molar-refractivity contribution in [3.63, 3.8) is 0 Å². The molecule has 1 amide bonds. The van der Waals surface area contributed by atoms with Crippen molar-refractivity contribution in [2.24, 2.45) is 0 Å². The van der Waals surface area contributed by atoms with Crippen LogP contribution >= 0.6 is 11.6 Å². The topological polar surface area (TPSA) is 47.6 Å². The van der Waals surface area contributed by atoms with Gasteiger partial charge in [-0.3, -0.25) is 4.79 Å². The van der Waals surface area contributed by atoms with Crippen molar-refractivity contribution in [1.29, 1.82) is 0 Å². The molecule has 5 heteroatoms. The third-order valence-electron chi connectivity index (χ3n) is 2.43. The van der Waals surface area contributed by atoms with Gasteiger partial charge in [0.25, 0.3) is 0 Å². The summed E-state index contributed by atoms with van der Waals surface area (Å²) in [7, 11) is 0. The molecule has 1 heterocycles. The average molecular weight is 256 g/mol. The summed E-state index contributed by atoms with van der Waals surface area (Å²) in [4.78, 5) is 11.3. The molecule has 0 fully saturated rings. The number of hydrogen-bond acceptors (Lipinski definition) is 3. The monoisotopic (exact) mass is 255 g/mol. The number of carbonyl (C=O) groups is 1. The van der Waals surface area contributed by atoms with Crippen LogP contribution in [-0.2, 0) is 11.3 Å². The average Bonchev–Trinajstić information content (AvgIpc) is 2.35. The lowest BCUT2D eigenvalue weighted by molar-refractivity contribution is -0.120. The van der Waals surface area contributed by atoms with Crippen molar-refractivity contribution in [3.8, 4) is 11.5 Å². The van der Waals surface area contributed by atoms with Gasteiger partial charge >= 0.3 is 0 Å². The van der Waals surface area contributed by atoms with E-state index in [9.17, 15) is 4.79 Å². The Bertz CT molecular complexity index is 420. The lowest BCUT2D eigenvalue weighted by Crippen LogP contribution is -2.29. The van der Waals surface area contributed by atoms with Crippen LogP contribution in [0.25, 0.3) is 0 Å². The van der Waals surface area contributed by atoms with Gasteiger partial charge in [0.15, 0.2) is 11.5 Å². The number of alkyl halides is 1. The lowest BCUT2D eigenvalue weighted by atomic mass is 10.2. The number of rotatable bonds is 3. The molecule has 1 aromatic carbocycles. The maximum atomic E-state index is 11.3. The number of fused-ring (bicyclic) bond motifs is 1. The highest BCUT2D eigenvalue weighted by molar-refractivity contribution is 6.30. The highest BCUT2D eigenvalue weighted by atomic mass is 35.5. The van der Waals surface area contributed by atoms with Gasteiger partial charge < -0.3 is 14.8 Å². The standard InChI is InChI=1S/C12H14ClNO3/c1-8(13)12(15)14-7-9-2-3-10-11(6-9)17-5-4-16-10/h2-3,6,8H,4-5,7H2,1H3,(H,14,15). The molecule has 4 nitrogen and oxygen atoms in total. The zero-order chi connectivity index (χ0) is 12.3. The van der Waals surface area contributed by atoms with E-state index < -0.39 is 5.38 Å². The number of carbonyl (C=O) groups excluding carboxylic acids is 1. The van der Waals surface area contributed by atoms with Crippen molar-refractivity contribution in [2.45, 2.75) is 18.8 Å². The Morgan fingerprint density at radius 1 is 1.41 bits per heavy atom. The molecule has 0 radical (unpaired) electrons. The highest BCUT2D eigenvalue weighted by Gasteiger charge is 2.12. The molecule has 0 bridgehead atoms. The van der Waals surface area contributed by atoms with E-state index in [0.717, 1.165) is 17.1 Å². The molecule has 1 atom stereocenters. The van der Waals surface area contributed by atoms with Gasteiger partial charge in [0, 0.05) is 6.54 Å². The van der Waals surface area contributed by atoms with E-state index in [4.69, 9.17) is 21.1 Å². The summed E-state index contributed by atoms with van der Waals surface area (Å²) in [5, 5.41) is 2.22. The van der Waals surface area contributed by atoms with Crippen LogP contribution in [0.4, 0.5) is 0 Å². The molecule has 0 saturated carbocycles. The molecule has 0 aromatic heterocycles. The minimum atomic E-state index is -0.521. The van der Waals surface area contributed by atoms with Gasteiger partial charge in [-0.1, -0.05) is 6.07 Å². The molecule has 92 valence electrons. The van der Waals surface area contributed by atoms with Crippen molar-refractivity contribution in [3.05, 3.63) is 23.8 Å². The molecule has 1 unspecified atom stereocenters. The number of halogens is 1. The summed E-state index contributed by atoms with van der Waals surface area (Å²) >= 11 is 5.65. The second kappa shape index (κ2) is 5.27. The number of benzene rings is 1. The Kier molecular flexibility index (Phi) is 3.74. The second-order valence-electron chi connectivity index (χ2n) is 3.81. The van der Waals surface area contributed by atoms with Crippen molar-refractivity contribution in [2.75, 3.05) is 13.2 Å². The smallest absolute Gasteiger partial charge is 0.238 e. The summed E-state index contributed by atoms with van der Waals surface area (Å²) in [6.07, 6.45) is 0. The molecule has 17 heavy (non-hydrogen) atoms. The summed E-state index contributed by atoms with van der Waals surface area (Å²) in [6.45, 7) is 3.21. The Hall–Kier alpha value is -1.42. The maximum Gasteiger partial charge on any atom is 0.238 e. The van der Waals surface area contributed by atoms with Gasteiger partial charge in [-0.2, -0.15) is 0 Å². The van der Waals surface area contributed by atoms with Gasteiger partial charge in [0.05, 0.1) is 0 Å². The number of ether oxygens (including phenoxy) is 2. The SMILES string of the molecule is CC(Cl)C(=O)NCc1ccc2c(c1)OCCO2. The Labute approximate surface area is 105 Å². The third-order valence-corrected chi connectivity index (χ3v) is 2.63. The molecule has 0 spiro atoms. The first-order chi connectivity index (χ1) is 8.16. The van der Waals surface area contributed by atoms with Crippen molar-refractivity contribution < 1.29 is 14.3 Å². The molecule has 0 aliphatic carbocycles. The normalized spacial score (nSPS) is 15.2. The van der Waals surface area contributed by atoms with Crippen LogP contribution in [0.5, 0.6) is 11.5 Å². The van der Waals surface area contributed by atoms with Crippen molar-refractivity contribution in [1.82, 2.24) is 5.32 Å². The van der Waals surface area contributed by atoms with Crippen LogP contribution in [0, 0.1) is 0 Å². The van der Waals surface area contributed by atoms with E-state index >= 15 is 0 Å². The lowest BCUT2D eigenvalue weighted by Gasteiger charge is -2.19. The first-order valence-corrected chi connectivity index (χ1v) is 5.91. The molecule has 2 rings (SSSR count). The summed E-state index contributed by atoms with van der Waals surface area (Å²) in [5.74, 6) is 1.29. The number of amides is 1. The minimum Gasteiger partial charge on any atom is -0.486 e. The van der Waals surface area contributed by atoms with Gasteiger partial charge in [-0.05, 0) is 24.6 Å². The molecule has 1 aromatic rings. The zero-order valence-electron chi connectivity index (χ0n) is 9.53. The first kappa shape index (κ1) is 12.0. The maximum absolute atomic E-state index is 11.3. The molecular formula is C12H14ClNO3. The summed E-state index contributed by atoms with van der Waals surface area (Å²) in [5.41, 5.74) is 0.958. The Balaban J connectivity index is 2.00. The van der Waals surface area contributed by atoms with E-state index in [1.807, 2.05) is 18.2 Å². The fourth-order valence-corrected chi connectivity index (χ4v) is 1.60. The summed E-state index contributed by atoms with van der Waals surface area (Å²) < 4.78 is 10.9. The highest BCUT2D eigenvalue weighted by Crippen LogP contribution is 2.30. The second-order valence-corrected chi connectivity index (χ2v) is 4.47. The van der Waals surface area contributed by atoms with Gasteiger partial charge in [0.2, 0.25) is 5.91 Å². The van der Waals surface area contributed by atoms with Gasteiger partial charge in [0.1, 0.15) is 18.6 Å². The largest absolute Gasteiger partial charge is 0.486 e. The molecule has 1 aliphatic heterocycles. The predicted molar refractivity (Wildman–Crippen MR) is 64.6 cm³/mol. The third kappa shape index (κ3) is 3.03. The van der Waals surface area contributed by atoms with Crippen LogP contribution < -0.4 is 14.8 Å². The zero-order valence-corrected chi connectivity index (χ0v) is 10.3. The molecular weight excluding hydrogens is 242 g/mol. The number of hydrogen-bond donors (Lipinski definition) is 1. The van der Waals surface area contributed by atoms with Crippen LogP contribution in [0.1, 0.15) is 12.5 Å². The first-order valence-electron chi connectivity index (χ1n) is 5.47. The van der Waals surface area contributed by atoms with Gasteiger partial charge in [-0.15, -0.1) is 11.6 Å².